The number of aryl methyl sites for hydroxylation is 1. The van der Waals surface area contributed by atoms with Crippen molar-refractivity contribution in [2.45, 2.75) is 51.6 Å². The maximum absolute atomic E-state index is 13.4. The summed E-state index contributed by atoms with van der Waals surface area (Å²) in [5.74, 6) is 1.64. The first kappa shape index (κ1) is 22.6. The number of carbonyl (C=O) groups excluding carboxylic acids is 1. The van der Waals surface area contributed by atoms with E-state index in [1.54, 1.807) is 11.1 Å². The van der Waals surface area contributed by atoms with Crippen LogP contribution < -0.4 is 5.73 Å². The first-order valence-electron chi connectivity index (χ1n) is 11.2. The lowest BCUT2D eigenvalue weighted by Crippen LogP contribution is -2.43. The zero-order valence-corrected chi connectivity index (χ0v) is 19.6. The van der Waals surface area contributed by atoms with Crippen LogP contribution in [0.15, 0.2) is 52.0 Å². The number of rotatable bonds is 3. The van der Waals surface area contributed by atoms with Gasteiger partial charge in [-0.2, -0.15) is 5.10 Å². The zero-order valence-electron chi connectivity index (χ0n) is 18.8. The summed E-state index contributed by atoms with van der Waals surface area (Å²) < 4.78 is 0. The summed E-state index contributed by atoms with van der Waals surface area (Å²) in [6.45, 7) is 10.1. The predicted molar refractivity (Wildman–Crippen MR) is 130 cm³/mol. The molecule has 8 heteroatoms. The molecule has 1 amide bonds. The van der Waals surface area contributed by atoms with Crippen molar-refractivity contribution in [3.8, 4) is 0 Å². The summed E-state index contributed by atoms with van der Waals surface area (Å²) in [5.41, 5.74) is 8.72. The molecular formula is C24H31ClN6O. The third kappa shape index (κ3) is 4.59. The van der Waals surface area contributed by atoms with Gasteiger partial charge in [-0.1, -0.05) is 11.6 Å². The summed E-state index contributed by atoms with van der Waals surface area (Å²) in [5, 5.41) is 6.47. The molecule has 3 heterocycles. The monoisotopic (exact) mass is 454 g/mol. The van der Waals surface area contributed by atoms with Crippen LogP contribution in [0.2, 0.25) is 5.02 Å². The van der Waals surface area contributed by atoms with Gasteiger partial charge in [0.1, 0.15) is 5.84 Å². The highest BCUT2D eigenvalue weighted by Gasteiger charge is 2.30. The quantitative estimate of drug-likeness (QED) is 0.705. The molecule has 2 N–H and O–H groups in total. The first-order chi connectivity index (χ1) is 15.4. The molecule has 7 nitrogen and oxygen atoms in total. The number of halogens is 1. The Morgan fingerprint density at radius 1 is 1.28 bits per heavy atom. The maximum atomic E-state index is 13.4. The number of amidine groups is 1. The number of nitrogens with zero attached hydrogens (tertiary/aromatic N) is 5. The number of likely N-dealkylation sites (tertiary alicyclic amines) is 2. The van der Waals surface area contributed by atoms with Crippen LogP contribution in [0, 0.1) is 6.92 Å². The summed E-state index contributed by atoms with van der Waals surface area (Å²) in [6, 6.07) is 5.53. The highest BCUT2D eigenvalue weighted by atomic mass is 35.5. The number of hydrazone groups is 1. The Morgan fingerprint density at radius 3 is 2.78 bits per heavy atom. The maximum Gasteiger partial charge on any atom is 0.254 e. The van der Waals surface area contributed by atoms with E-state index in [2.05, 4.69) is 22.8 Å². The molecule has 1 aromatic carbocycles. The average molecular weight is 455 g/mol. The normalized spacial score (nSPS) is 25.1. The van der Waals surface area contributed by atoms with E-state index in [1.807, 2.05) is 37.1 Å². The molecule has 1 unspecified atom stereocenters. The third-order valence-corrected chi connectivity index (χ3v) is 6.61. The molecule has 0 radical (unpaired) electrons. The van der Waals surface area contributed by atoms with Crippen molar-refractivity contribution in [3.63, 3.8) is 0 Å². The smallest absolute Gasteiger partial charge is 0.254 e. The molecule has 0 aromatic heterocycles. The van der Waals surface area contributed by atoms with Gasteiger partial charge in [-0.05, 0) is 69.4 Å². The summed E-state index contributed by atoms with van der Waals surface area (Å²) >= 11 is 6.10. The molecule has 4 rings (SSSR count). The van der Waals surface area contributed by atoms with Crippen molar-refractivity contribution < 1.29 is 4.79 Å². The highest BCUT2D eigenvalue weighted by molar-refractivity contribution is 6.30. The lowest BCUT2D eigenvalue weighted by Gasteiger charge is -2.35. The number of amides is 1. The van der Waals surface area contributed by atoms with Crippen LogP contribution in [-0.4, -0.2) is 65.0 Å². The molecule has 0 spiro atoms. The number of hydrogen-bond acceptors (Lipinski definition) is 6. The number of piperidine rings is 1. The van der Waals surface area contributed by atoms with Crippen LogP contribution in [0.4, 0.5) is 0 Å². The molecule has 0 bridgehead atoms. The van der Waals surface area contributed by atoms with Crippen molar-refractivity contribution in [2.75, 3.05) is 19.6 Å². The molecule has 32 heavy (non-hydrogen) atoms. The zero-order chi connectivity index (χ0) is 22.8. The molecule has 2 saturated heterocycles. The van der Waals surface area contributed by atoms with Crippen LogP contribution >= 0.6 is 11.6 Å². The van der Waals surface area contributed by atoms with Crippen molar-refractivity contribution >= 4 is 30.1 Å². The Bertz CT molecular complexity index is 1000. The average Bonchev–Trinajstić information content (AvgIpc) is 3.20. The molecule has 1 aromatic rings. The SMILES string of the molecule is C=NN1C=C(C)C(N2CC[C@H](N)C2)=N/C1=C/C1CCCCN1C(=O)c1ccc(Cl)cc1C. The number of hydrogen-bond donors (Lipinski definition) is 1. The van der Waals surface area contributed by atoms with Crippen LogP contribution in [0.1, 0.15) is 48.5 Å². The van der Waals surface area contributed by atoms with Crippen molar-refractivity contribution in [1.29, 1.82) is 0 Å². The Hall–Kier alpha value is -2.64. The second-order valence-electron chi connectivity index (χ2n) is 8.77. The Labute approximate surface area is 194 Å². The molecule has 2 fully saturated rings. The third-order valence-electron chi connectivity index (χ3n) is 6.37. The minimum absolute atomic E-state index is 0.0241. The Balaban J connectivity index is 1.64. The highest BCUT2D eigenvalue weighted by Crippen LogP contribution is 2.27. The summed E-state index contributed by atoms with van der Waals surface area (Å²) in [4.78, 5) is 22.5. The van der Waals surface area contributed by atoms with Gasteiger partial charge in [0.2, 0.25) is 0 Å². The molecule has 0 aliphatic carbocycles. The first-order valence-corrected chi connectivity index (χ1v) is 11.6. The van der Waals surface area contributed by atoms with Gasteiger partial charge in [-0.3, -0.25) is 4.79 Å². The molecule has 2 atom stereocenters. The second-order valence-corrected chi connectivity index (χ2v) is 9.21. The number of nitrogens with two attached hydrogens (primary N) is 1. The van der Waals surface area contributed by atoms with E-state index in [4.69, 9.17) is 22.3 Å². The molecular weight excluding hydrogens is 424 g/mol. The number of carbonyl (C=O) groups is 1. The van der Waals surface area contributed by atoms with Gasteiger partial charge in [-0.25, -0.2) is 10.0 Å². The lowest BCUT2D eigenvalue weighted by molar-refractivity contribution is 0.0661. The van der Waals surface area contributed by atoms with Crippen molar-refractivity contribution in [3.05, 3.63) is 58.0 Å². The molecule has 0 saturated carbocycles. The minimum Gasteiger partial charge on any atom is -0.355 e. The van der Waals surface area contributed by atoms with E-state index in [0.29, 0.717) is 23.0 Å². The van der Waals surface area contributed by atoms with Gasteiger partial charge in [0.05, 0.1) is 6.04 Å². The van der Waals surface area contributed by atoms with Gasteiger partial charge in [0, 0.05) is 54.8 Å². The van der Waals surface area contributed by atoms with E-state index in [9.17, 15) is 4.79 Å². The van der Waals surface area contributed by atoms with E-state index in [-0.39, 0.29) is 18.0 Å². The molecule has 3 aliphatic rings. The van der Waals surface area contributed by atoms with Gasteiger partial charge in [-0.15, -0.1) is 0 Å². The lowest BCUT2D eigenvalue weighted by atomic mass is 9.99. The number of benzene rings is 1. The molecule has 3 aliphatic heterocycles. The number of aliphatic imine (C=N–C) groups is 1. The van der Waals surface area contributed by atoms with Crippen molar-refractivity contribution in [2.24, 2.45) is 15.8 Å². The minimum atomic E-state index is -0.0665. The largest absolute Gasteiger partial charge is 0.355 e. The predicted octanol–water partition coefficient (Wildman–Crippen LogP) is 3.75. The molecule has 170 valence electrons. The standard InChI is InChI=1S/C24H31ClN6O/c1-16-12-18(25)7-8-21(16)24(32)30-10-5-4-6-20(30)13-22-28-23(17(2)14-31(22)27-3)29-11-9-19(26)15-29/h7-8,12-14,19-20H,3-6,9-11,15,26H2,1-2H3/b22-13-/t19-,20?/m0/s1. The van der Waals surface area contributed by atoms with Gasteiger partial charge in [0.15, 0.2) is 5.82 Å². The van der Waals surface area contributed by atoms with E-state index < -0.39 is 0 Å². The second kappa shape index (κ2) is 9.46. The van der Waals surface area contributed by atoms with E-state index in [0.717, 1.165) is 55.7 Å². The van der Waals surface area contributed by atoms with Crippen LogP contribution in [0.3, 0.4) is 0 Å². The van der Waals surface area contributed by atoms with Gasteiger partial charge >= 0.3 is 0 Å². The van der Waals surface area contributed by atoms with Crippen LogP contribution in [-0.2, 0) is 0 Å². The van der Waals surface area contributed by atoms with Crippen LogP contribution in [0.5, 0.6) is 0 Å². The Kier molecular flexibility index (Phi) is 6.67. The fourth-order valence-electron chi connectivity index (χ4n) is 4.66. The van der Waals surface area contributed by atoms with Gasteiger partial charge < -0.3 is 15.5 Å². The van der Waals surface area contributed by atoms with Crippen LogP contribution in [0.25, 0.3) is 0 Å². The Morgan fingerprint density at radius 2 is 2.09 bits per heavy atom. The fourth-order valence-corrected chi connectivity index (χ4v) is 4.89. The summed E-state index contributed by atoms with van der Waals surface area (Å²) in [6.07, 6.45) is 7.89. The summed E-state index contributed by atoms with van der Waals surface area (Å²) in [7, 11) is 0. The topological polar surface area (TPSA) is 77.5 Å². The van der Waals surface area contributed by atoms with E-state index >= 15 is 0 Å². The van der Waals surface area contributed by atoms with Gasteiger partial charge in [0.25, 0.3) is 5.91 Å². The van der Waals surface area contributed by atoms with Crippen molar-refractivity contribution in [1.82, 2.24) is 14.8 Å². The fraction of sp³-hybridized carbons (Fsp3) is 0.458. The van der Waals surface area contributed by atoms with E-state index in [1.165, 1.54) is 0 Å².